The quantitative estimate of drug-likeness (QED) is 0.276. The molecule has 0 saturated carbocycles. The number of carbonyl (C=O) groups is 2. The molecule has 1 fully saturated rings. The molecule has 3 heterocycles. The zero-order valence-corrected chi connectivity index (χ0v) is 21.3. The van der Waals surface area contributed by atoms with Gasteiger partial charge in [-0.25, -0.2) is 4.79 Å². The molecule has 1 N–H and O–H groups in total. The van der Waals surface area contributed by atoms with Crippen LogP contribution >= 0.6 is 11.9 Å². The van der Waals surface area contributed by atoms with Crippen molar-refractivity contribution in [3.8, 4) is 0 Å². The lowest BCUT2D eigenvalue weighted by molar-refractivity contribution is 0.0525. The van der Waals surface area contributed by atoms with Gasteiger partial charge in [0.05, 0.1) is 34.5 Å². The lowest BCUT2D eigenvalue weighted by atomic mass is 10.1. The Bertz CT molecular complexity index is 1400. The van der Waals surface area contributed by atoms with Gasteiger partial charge in [-0.3, -0.25) is 14.8 Å². The second-order valence-electron chi connectivity index (χ2n) is 8.54. The second-order valence-corrected chi connectivity index (χ2v) is 9.39. The highest BCUT2D eigenvalue weighted by Gasteiger charge is 2.23. The first kappa shape index (κ1) is 24.6. The maximum atomic E-state index is 13.1. The van der Waals surface area contributed by atoms with Gasteiger partial charge in [-0.2, -0.15) is 0 Å². The van der Waals surface area contributed by atoms with Crippen LogP contribution in [0.5, 0.6) is 0 Å². The molecule has 1 aliphatic heterocycles. The summed E-state index contributed by atoms with van der Waals surface area (Å²) >= 11 is 1.50. The summed E-state index contributed by atoms with van der Waals surface area (Å²) in [5.74, 6) is -0.369. The normalized spacial score (nSPS) is 13.4. The molecule has 9 heteroatoms. The van der Waals surface area contributed by atoms with Crippen molar-refractivity contribution < 1.29 is 14.3 Å². The average Bonchev–Trinajstić information content (AvgIpc) is 2.96. The molecule has 0 unspecified atom stereocenters. The van der Waals surface area contributed by atoms with Gasteiger partial charge < -0.3 is 19.3 Å². The van der Waals surface area contributed by atoms with Gasteiger partial charge in [0.2, 0.25) is 0 Å². The molecule has 1 saturated heterocycles. The first-order valence-electron chi connectivity index (χ1n) is 12.2. The first-order valence-corrected chi connectivity index (χ1v) is 13.0. The van der Waals surface area contributed by atoms with E-state index < -0.39 is 0 Å². The Hall–Kier alpha value is -4.11. The number of para-hydroxylation sites is 1. The summed E-state index contributed by atoms with van der Waals surface area (Å²) in [6, 6.07) is 19.4. The van der Waals surface area contributed by atoms with Crippen molar-refractivity contribution in [1.82, 2.24) is 14.9 Å². The third-order valence-electron chi connectivity index (χ3n) is 6.17. The molecule has 0 bridgehead atoms. The van der Waals surface area contributed by atoms with E-state index in [1.54, 1.807) is 25.4 Å². The maximum Gasteiger partial charge on any atom is 0.339 e. The van der Waals surface area contributed by atoms with Gasteiger partial charge in [-0.1, -0.05) is 18.2 Å². The third kappa shape index (κ3) is 5.67. The minimum atomic E-state index is -0.379. The molecule has 0 aliphatic carbocycles. The Labute approximate surface area is 219 Å². The Kier molecular flexibility index (Phi) is 7.51. The number of hydrogen-bond donors (Lipinski definition) is 1. The predicted octanol–water partition coefficient (Wildman–Crippen LogP) is 4.89. The van der Waals surface area contributed by atoms with Crippen molar-refractivity contribution in [3.05, 3.63) is 90.4 Å². The van der Waals surface area contributed by atoms with Gasteiger partial charge in [0.25, 0.3) is 5.91 Å². The van der Waals surface area contributed by atoms with E-state index >= 15 is 0 Å². The number of nitrogens with zero attached hydrogens (tertiary/aromatic N) is 4. The average molecular weight is 514 g/mol. The number of rotatable bonds is 7. The van der Waals surface area contributed by atoms with E-state index in [0.29, 0.717) is 43.9 Å². The summed E-state index contributed by atoms with van der Waals surface area (Å²) in [4.78, 5) is 38.8. The number of pyridine rings is 2. The van der Waals surface area contributed by atoms with Gasteiger partial charge in [0.15, 0.2) is 0 Å². The van der Waals surface area contributed by atoms with Gasteiger partial charge in [0.1, 0.15) is 0 Å². The van der Waals surface area contributed by atoms with Crippen LogP contribution in [0, 0.1) is 0 Å². The SMILES string of the molecule is CCOC(=O)c1cncc(N2CCN(C(=O)c3ccc(NSc4cccc5cccnc45)cc3)CC2)c1. The molecule has 188 valence electrons. The molecule has 2 aromatic heterocycles. The summed E-state index contributed by atoms with van der Waals surface area (Å²) in [6.07, 6.45) is 5.04. The maximum absolute atomic E-state index is 13.1. The third-order valence-corrected chi connectivity index (χ3v) is 7.06. The van der Waals surface area contributed by atoms with E-state index in [4.69, 9.17) is 4.74 Å². The number of aromatic nitrogens is 2. The highest BCUT2D eigenvalue weighted by molar-refractivity contribution is 8.00. The highest BCUT2D eigenvalue weighted by atomic mass is 32.2. The minimum absolute atomic E-state index is 0.00973. The molecular formula is C28H27N5O3S. The van der Waals surface area contributed by atoms with Crippen LogP contribution in [-0.2, 0) is 4.74 Å². The van der Waals surface area contributed by atoms with E-state index in [9.17, 15) is 9.59 Å². The van der Waals surface area contributed by atoms with Crippen LogP contribution in [0.4, 0.5) is 11.4 Å². The van der Waals surface area contributed by atoms with Gasteiger partial charge in [-0.15, -0.1) is 0 Å². The van der Waals surface area contributed by atoms with Crippen LogP contribution in [0.1, 0.15) is 27.6 Å². The van der Waals surface area contributed by atoms with Crippen molar-refractivity contribution >= 4 is 46.1 Å². The molecule has 8 nitrogen and oxygen atoms in total. The van der Waals surface area contributed by atoms with Crippen LogP contribution in [0.3, 0.4) is 0 Å². The lowest BCUT2D eigenvalue weighted by Crippen LogP contribution is -2.48. The standard InChI is InChI=1S/C28H27N5O3S/c1-2-36-28(35)22-17-24(19-29-18-22)32-13-15-33(16-14-32)27(34)21-8-10-23(11-9-21)31-37-25-7-3-5-20-6-4-12-30-26(20)25/h3-12,17-19,31H,2,13-16H2,1H3. The van der Waals surface area contributed by atoms with Crippen molar-refractivity contribution in [2.24, 2.45) is 0 Å². The minimum Gasteiger partial charge on any atom is -0.462 e. The van der Waals surface area contributed by atoms with E-state index in [1.165, 1.54) is 18.1 Å². The van der Waals surface area contributed by atoms with Gasteiger partial charge in [0, 0.05) is 55.2 Å². The van der Waals surface area contributed by atoms with Crippen LogP contribution in [0.25, 0.3) is 10.9 Å². The zero-order valence-electron chi connectivity index (χ0n) is 20.5. The van der Waals surface area contributed by atoms with E-state index in [-0.39, 0.29) is 11.9 Å². The summed E-state index contributed by atoms with van der Waals surface area (Å²) < 4.78 is 8.42. The Morgan fingerprint density at radius 2 is 1.76 bits per heavy atom. The monoisotopic (exact) mass is 513 g/mol. The van der Waals surface area contributed by atoms with Crippen molar-refractivity contribution in [2.75, 3.05) is 42.4 Å². The summed E-state index contributed by atoms with van der Waals surface area (Å²) in [5, 5.41) is 1.10. The molecule has 0 atom stereocenters. The number of piperazine rings is 1. The predicted molar refractivity (Wildman–Crippen MR) is 146 cm³/mol. The van der Waals surface area contributed by atoms with E-state index in [1.807, 2.05) is 59.5 Å². The van der Waals surface area contributed by atoms with Crippen molar-refractivity contribution in [3.63, 3.8) is 0 Å². The van der Waals surface area contributed by atoms with Gasteiger partial charge in [-0.05, 0) is 61.3 Å². The van der Waals surface area contributed by atoms with Crippen LogP contribution < -0.4 is 9.62 Å². The topological polar surface area (TPSA) is 87.7 Å². The highest BCUT2D eigenvalue weighted by Crippen LogP contribution is 2.27. The second kappa shape index (κ2) is 11.3. The lowest BCUT2D eigenvalue weighted by Gasteiger charge is -2.36. The number of amides is 1. The molecule has 2 aromatic carbocycles. The number of benzene rings is 2. The smallest absolute Gasteiger partial charge is 0.339 e. The Balaban J connectivity index is 1.17. The molecule has 5 rings (SSSR count). The summed E-state index contributed by atoms with van der Waals surface area (Å²) in [6.45, 7) is 4.60. The Morgan fingerprint density at radius 3 is 2.54 bits per heavy atom. The zero-order chi connectivity index (χ0) is 25.6. The molecule has 4 aromatic rings. The number of carbonyl (C=O) groups excluding carboxylic acids is 2. The number of nitrogens with one attached hydrogen (secondary N) is 1. The van der Waals surface area contributed by atoms with Crippen molar-refractivity contribution in [2.45, 2.75) is 11.8 Å². The number of esters is 1. The van der Waals surface area contributed by atoms with Crippen LogP contribution in [0.2, 0.25) is 0 Å². The Morgan fingerprint density at radius 1 is 0.973 bits per heavy atom. The molecular weight excluding hydrogens is 486 g/mol. The molecule has 1 amide bonds. The van der Waals surface area contributed by atoms with Crippen LogP contribution in [0.15, 0.2) is 84.1 Å². The molecule has 1 aliphatic rings. The fourth-order valence-corrected chi connectivity index (χ4v) is 5.01. The van der Waals surface area contributed by atoms with Gasteiger partial charge >= 0.3 is 5.97 Å². The van der Waals surface area contributed by atoms with E-state index in [2.05, 4.69) is 19.6 Å². The molecule has 37 heavy (non-hydrogen) atoms. The number of ether oxygens (including phenoxy) is 1. The van der Waals surface area contributed by atoms with Crippen LogP contribution in [-0.4, -0.2) is 59.5 Å². The van der Waals surface area contributed by atoms with Crippen molar-refractivity contribution in [1.29, 1.82) is 0 Å². The summed E-state index contributed by atoms with van der Waals surface area (Å²) in [7, 11) is 0. The summed E-state index contributed by atoms with van der Waals surface area (Å²) in [5.41, 5.74) is 3.81. The fourth-order valence-electron chi connectivity index (χ4n) is 4.23. The largest absolute Gasteiger partial charge is 0.462 e. The number of hydrogen-bond acceptors (Lipinski definition) is 8. The molecule has 0 radical (unpaired) electrons. The van der Waals surface area contributed by atoms with E-state index in [0.717, 1.165) is 27.2 Å². The fraction of sp³-hybridized carbons (Fsp3) is 0.214. The molecule has 0 spiro atoms. The first-order chi connectivity index (χ1) is 18.1. The number of anilines is 2. The number of fused-ring (bicyclic) bond motifs is 1.